The van der Waals surface area contributed by atoms with Gasteiger partial charge >= 0.3 is 11.4 Å². The molecule has 0 aliphatic carbocycles. The van der Waals surface area contributed by atoms with E-state index in [0.29, 0.717) is 0 Å². The van der Waals surface area contributed by atoms with Gasteiger partial charge in [-0.2, -0.15) is 0 Å². The topological polar surface area (TPSA) is 3.24 Å². The monoisotopic (exact) mass is 191 g/mol. The van der Waals surface area contributed by atoms with Crippen molar-refractivity contribution in [3.05, 3.63) is 0 Å². The highest BCUT2D eigenvalue weighted by atomic mass is 35.8. The molecule has 0 rings (SSSR count). The zero-order valence-electron chi connectivity index (χ0n) is 5.16. The second-order valence-corrected chi connectivity index (χ2v) is 8.02. The summed E-state index contributed by atoms with van der Waals surface area (Å²) in [7, 11) is 20.8. The van der Waals surface area contributed by atoms with Crippen LogP contribution in [-0.2, 0) is 0 Å². The van der Waals surface area contributed by atoms with Crippen molar-refractivity contribution < 1.29 is 0 Å². The summed E-state index contributed by atoms with van der Waals surface area (Å²) in [4.78, 5) is 2.00. The maximum atomic E-state index is 4.94. The van der Waals surface area contributed by atoms with Crippen molar-refractivity contribution >= 4 is 41.5 Å². The summed E-state index contributed by atoms with van der Waals surface area (Å²) in [6.45, 7) is 0. The molecule has 0 aromatic heterocycles. The van der Waals surface area contributed by atoms with Crippen molar-refractivity contribution in [2.24, 2.45) is 0 Å². The van der Waals surface area contributed by atoms with Gasteiger partial charge in [0.05, 0.1) is 0 Å². The molecule has 0 aliphatic heterocycles. The quantitative estimate of drug-likeness (QED) is 0.530. The standard InChI is InChI=1S/C3H9N.Al.3ClH/c1-4(2)3;;;;/h1-3H3;;3*1H/q;+3;;;/p-3. The van der Waals surface area contributed by atoms with Crippen LogP contribution in [0.3, 0.4) is 0 Å². The molecule has 0 fully saturated rings. The summed E-state index contributed by atoms with van der Waals surface area (Å²) in [5.74, 6) is 0. The van der Waals surface area contributed by atoms with E-state index in [9.17, 15) is 0 Å². The third-order valence-electron chi connectivity index (χ3n) is 0. The number of hydrogen-bond donors (Lipinski definition) is 0. The minimum Gasteiger partial charge on any atom is -0.312 e. The largest absolute Gasteiger partial charge is 0.643 e. The molecule has 0 aromatic carbocycles. The highest BCUT2D eigenvalue weighted by Gasteiger charge is 2.00. The van der Waals surface area contributed by atoms with E-state index in [1.165, 1.54) is 0 Å². The maximum Gasteiger partial charge on any atom is 0.643 e. The van der Waals surface area contributed by atoms with Crippen molar-refractivity contribution in [1.29, 1.82) is 0 Å². The molecule has 0 unspecified atom stereocenters. The third-order valence-corrected chi connectivity index (χ3v) is 0. The van der Waals surface area contributed by atoms with Gasteiger partial charge in [-0.25, -0.2) is 30.1 Å². The van der Waals surface area contributed by atoms with E-state index in [-0.39, 0.29) is 0 Å². The molecule has 1 nitrogen and oxygen atoms in total. The van der Waals surface area contributed by atoms with Gasteiger partial charge in [-0.05, 0) is 21.1 Å². The van der Waals surface area contributed by atoms with Crippen LogP contribution in [0.1, 0.15) is 0 Å². The second kappa shape index (κ2) is 8.36. The number of halogens is 3. The van der Waals surface area contributed by atoms with E-state index in [1.54, 1.807) is 0 Å². The normalized spacial score (nSPS) is 7.88. The lowest BCUT2D eigenvalue weighted by molar-refractivity contribution is 0.505. The Morgan fingerprint density at radius 2 is 1.00 bits per heavy atom. The molecule has 0 saturated heterocycles. The summed E-state index contributed by atoms with van der Waals surface area (Å²) in [6, 6.07) is 0. The smallest absolute Gasteiger partial charge is 0.312 e. The predicted octanol–water partition coefficient (Wildman–Crippen LogP) is 1.87. The van der Waals surface area contributed by atoms with Crippen LogP contribution in [0.25, 0.3) is 0 Å². The van der Waals surface area contributed by atoms with Gasteiger partial charge in [0.2, 0.25) is 0 Å². The lowest BCUT2D eigenvalue weighted by Crippen LogP contribution is -1.99. The van der Waals surface area contributed by atoms with E-state index in [1.807, 2.05) is 26.0 Å². The van der Waals surface area contributed by atoms with Gasteiger partial charge in [0.15, 0.2) is 0 Å². The fourth-order valence-corrected chi connectivity index (χ4v) is 0. The van der Waals surface area contributed by atoms with Gasteiger partial charge in [-0.1, -0.05) is 0 Å². The van der Waals surface area contributed by atoms with Crippen molar-refractivity contribution in [1.82, 2.24) is 4.90 Å². The van der Waals surface area contributed by atoms with Crippen LogP contribution in [-0.4, -0.2) is 37.4 Å². The third kappa shape index (κ3) is 161. The van der Waals surface area contributed by atoms with Crippen LogP contribution in [0.5, 0.6) is 0 Å². The fraction of sp³-hybridized carbons (Fsp3) is 1.00. The average Bonchev–Trinajstić information content (AvgIpc) is 1.25. The van der Waals surface area contributed by atoms with Gasteiger partial charge in [-0.15, -0.1) is 0 Å². The highest BCUT2D eigenvalue weighted by molar-refractivity contribution is 7.54. The second-order valence-electron chi connectivity index (χ2n) is 1.59. The molecule has 0 heterocycles. The average molecular weight is 192 g/mol. The Kier molecular flexibility index (Phi) is 12.6. The molecule has 0 bridgehead atoms. The molecular weight excluding hydrogens is 183 g/mol. The van der Waals surface area contributed by atoms with Crippen LogP contribution in [0.4, 0.5) is 0 Å². The summed E-state index contributed by atoms with van der Waals surface area (Å²) < 4.78 is 0. The lowest BCUT2D eigenvalue weighted by atomic mass is 11.0. The summed E-state index contributed by atoms with van der Waals surface area (Å²) >= 11 is -1.72. The van der Waals surface area contributed by atoms with Crippen molar-refractivity contribution in [2.75, 3.05) is 21.1 Å². The number of rotatable bonds is 0. The zero-order chi connectivity index (χ0) is 7.15. The van der Waals surface area contributed by atoms with E-state index >= 15 is 0 Å². The van der Waals surface area contributed by atoms with Crippen LogP contribution >= 0.6 is 30.1 Å². The van der Waals surface area contributed by atoms with Crippen molar-refractivity contribution in [3.63, 3.8) is 0 Å². The Balaban J connectivity index is 0. The highest BCUT2D eigenvalue weighted by Crippen LogP contribution is 1.97. The van der Waals surface area contributed by atoms with Gasteiger partial charge in [-0.3, -0.25) is 0 Å². The SMILES string of the molecule is CN(C)C.[Cl][Al]([Cl])[Cl]. The molecule has 0 radical (unpaired) electrons. The van der Waals surface area contributed by atoms with Crippen LogP contribution in [0.2, 0.25) is 0 Å². The Morgan fingerprint density at radius 3 is 1.00 bits per heavy atom. The predicted molar refractivity (Wildman–Crippen MR) is 42.9 cm³/mol. The van der Waals surface area contributed by atoms with E-state index in [0.717, 1.165) is 0 Å². The first-order valence-electron chi connectivity index (χ1n) is 2.00. The molecule has 0 amide bonds. The zero-order valence-corrected chi connectivity index (χ0v) is 8.58. The van der Waals surface area contributed by atoms with E-state index in [2.05, 4.69) is 0 Å². The summed E-state index contributed by atoms with van der Waals surface area (Å²) in [5.41, 5.74) is 0. The van der Waals surface area contributed by atoms with E-state index < -0.39 is 11.4 Å². The first-order valence-corrected chi connectivity index (χ1v) is 7.23. The Labute approximate surface area is 67.5 Å². The molecule has 0 atom stereocenters. The van der Waals surface area contributed by atoms with Crippen LogP contribution in [0, 0.1) is 0 Å². The van der Waals surface area contributed by atoms with Gasteiger partial charge in [0.1, 0.15) is 0 Å². The maximum absolute atomic E-state index is 4.94. The summed E-state index contributed by atoms with van der Waals surface area (Å²) in [5, 5.41) is 0. The lowest BCUT2D eigenvalue weighted by Gasteiger charge is -1.90. The first kappa shape index (κ1) is 12.1. The minimum absolute atomic E-state index is 1.72. The molecule has 50 valence electrons. The van der Waals surface area contributed by atoms with E-state index in [4.69, 9.17) is 30.1 Å². The van der Waals surface area contributed by atoms with Crippen molar-refractivity contribution in [2.45, 2.75) is 0 Å². The molecular formula is C3H9AlCl3N. The molecule has 5 heteroatoms. The Morgan fingerprint density at radius 1 is 1.00 bits per heavy atom. The minimum atomic E-state index is -1.72. The summed E-state index contributed by atoms with van der Waals surface area (Å²) in [6.07, 6.45) is 0. The van der Waals surface area contributed by atoms with Gasteiger partial charge < -0.3 is 4.90 Å². The number of nitrogens with zero attached hydrogens (tertiary/aromatic N) is 1. The molecule has 0 saturated carbocycles. The number of hydrogen-bond acceptors (Lipinski definition) is 1. The Bertz CT molecular complexity index is 30.0. The van der Waals surface area contributed by atoms with Gasteiger partial charge in [0.25, 0.3) is 0 Å². The van der Waals surface area contributed by atoms with Crippen molar-refractivity contribution in [3.8, 4) is 0 Å². The Hall–Kier alpha value is 1.36. The molecule has 0 spiro atoms. The van der Waals surface area contributed by atoms with Crippen LogP contribution in [0.15, 0.2) is 0 Å². The molecule has 0 aromatic rings. The first-order chi connectivity index (χ1) is 3.46. The van der Waals surface area contributed by atoms with Gasteiger partial charge in [0, 0.05) is 0 Å². The molecule has 8 heavy (non-hydrogen) atoms. The van der Waals surface area contributed by atoms with Crippen LogP contribution < -0.4 is 0 Å². The molecule has 0 N–H and O–H groups in total. The fourth-order valence-electron chi connectivity index (χ4n) is 0. The molecule has 0 aliphatic rings.